The summed E-state index contributed by atoms with van der Waals surface area (Å²) in [5, 5.41) is 23.0. The van der Waals surface area contributed by atoms with Gasteiger partial charge in [0.05, 0.1) is 25.2 Å². The average Bonchev–Trinajstić information content (AvgIpc) is 3.34. The number of hydrazone groups is 1. The van der Waals surface area contributed by atoms with Crippen LogP contribution in [-0.4, -0.2) is 55.9 Å². The molecule has 0 saturated carbocycles. The van der Waals surface area contributed by atoms with Gasteiger partial charge in [0, 0.05) is 23.6 Å². The van der Waals surface area contributed by atoms with Crippen LogP contribution in [0.2, 0.25) is 0 Å². The van der Waals surface area contributed by atoms with Gasteiger partial charge in [0.15, 0.2) is 22.5 Å². The second-order valence-electron chi connectivity index (χ2n) is 7.55. The van der Waals surface area contributed by atoms with E-state index in [0.29, 0.717) is 35.5 Å². The molecule has 0 aliphatic carbocycles. The van der Waals surface area contributed by atoms with Gasteiger partial charge in [-0.05, 0) is 74.0 Å². The molecule has 0 aliphatic rings. The van der Waals surface area contributed by atoms with Crippen LogP contribution in [0.5, 0.6) is 17.2 Å². The number of phenolic OH excluding ortho intramolecular Hbond substituents is 1. The summed E-state index contributed by atoms with van der Waals surface area (Å²) in [5.41, 5.74) is 4.80. The van der Waals surface area contributed by atoms with E-state index in [4.69, 9.17) is 9.47 Å². The first-order valence-corrected chi connectivity index (χ1v) is 12.6. The molecule has 2 N–H and O–H groups in total. The minimum Gasteiger partial charge on any atom is -0.504 e. The quantitative estimate of drug-likeness (QED) is 0.173. The Kier molecular flexibility index (Phi) is 8.71. The van der Waals surface area contributed by atoms with Crippen molar-refractivity contribution in [3.63, 3.8) is 0 Å². The molecule has 190 valence electrons. The Morgan fingerprint density at radius 1 is 1.11 bits per heavy atom. The SMILES string of the molecule is CCOc1ccc(-n2c(SCC(=O)NN=Cc3ccc(O)c(OCC)c3)nnc2-c2cccnc2)cc1. The van der Waals surface area contributed by atoms with Gasteiger partial charge in [-0.3, -0.25) is 14.3 Å². The number of hydrogen-bond donors (Lipinski definition) is 2. The number of amides is 1. The molecule has 1 amide bonds. The van der Waals surface area contributed by atoms with Crippen molar-refractivity contribution in [3.05, 3.63) is 72.6 Å². The third-order valence-electron chi connectivity index (χ3n) is 4.98. The van der Waals surface area contributed by atoms with Gasteiger partial charge in [0.1, 0.15) is 5.75 Å². The molecule has 0 atom stereocenters. The fourth-order valence-electron chi connectivity index (χ4n) is 3.36. The molecule has 0 fully saturated rings. The molecule has 0 aliphatic heterocycles. The van der Waals surface area contributed by atoms with E-state index in [-0.39, 0.29) is 17.4 Å². The number of carbonyl (C=O) groups excluding carboxylic acids is 1. The van der Waals surface area contributed by atoms with Gasteiger partial charge >= 0.3 is 0 Å². The van der Waals surface area contributed by atoms with Crippen molar-refractivity contribution in [2.24, 2.45) is 5.10 Å². The fourth-order valence-corrected chi connectivity index (χ4v) is 4.10. The summed E-state index contributed by atoms with van der Waals surface area (Å²) in [4.78, 5) is 16.7. The third-order valence-corrected chi connectivity index (χ3v) is 5.91. The Balaban J connectivity index is 1.47. The third kappa shape index (κ3) is 6.64. The van der Waals surface area contributed by atoms with E-state index in [1.807, 2.05) is 54.8 Å². The topological polar surface area (TPSA) is 124 Å². The van der Waals surface area contributed by atoms with Crippen molar-refractivity contribution in [3.8, 4) is 34.3 Å². The summed E-state index contributed by atoms with van der Waals surface area (Å²) >= 11 is 1.24. The molecule has 4 aromatic rings. The summed E-state index contributed by atoms with van der Waals surface area (Å²) in [6, 6.07) is 16.1. The molecule has 2 heterocycles. The van der Waals surface area contributed by atoms with Gasteiger partial charge in [-0.25, -0.2) is 5.43 Å². The molecule has 2 aromatic heterocycles. The van der Waals surface area contributed by atoms with Gasteiger partial charge in [0.25, 0.3) is 5.91 Å². The molecule has 0 bridgehead atoms. The van der Waals surface area contributed by atoms with Crippen LogP contribution in [0.1, 0.15) is 19.4 Å². The maximum atomic E-state index is 12.5. The first-order chi connectivity index (χ1) is 18.1. The lowest BCUT2D eigenvalue weighted by Gasteiger charge is -2.11. The number of hydrogen-bond acceptors (Lipinski definition) is 9. The first kappa shape index (κ1) is 25.7. The fraction of sp³-hybridized carbons (Fsp3) is 0.192. The van der Waals surface area contributed by atoms with E-state index >= 15 is 0 Å². The highest BCUT2D eigenvalue weighted by Gasteiger charge is 2.17. The zero-order chi connectivity index (χ0) is 26.0. The highest BCUT2D eigenvalue weighted by atomic mass is 32.2. The van der Waals surface area contributed by atoms with E-state index in [0.717, 1.165) is 17.0 Å². The standard InChI is InChI=1S/C26H26N6O4S/c1-3-35-21-10-8-20(9-11-21)32-25(19-6-5-13-27-16-19)30-31-26(32)37-17-24(34)29-28-15-18-7-12-22(33)23(14-18)36-4-2/h5-16,33H,3-4,17H2,1-2H3,(H,29,34). The number of benzene rings is 2. The Morgan fingerprint density at radius 3 is 2.65 bits per heavy atom. The number of carbonyl (C=O) groups is 1. The summed E-state index contributed by atoms with van der Waals surface area (Å²) in [6.07, 6.45) is 4.89. The van der Waals surface area contributed by atoms with Crippen molar-refractivity contribution in [1.82, 2.24) is 25.2 Å². The largest absolute Gasteiger partial charge is 0.504 e. The van der Waals surface area contributed by atoms with Gasteiger partial charge in [-0.1, -0.05) is 11.8 Å². The van der Waals surface area contributed by atoms with Crippen molar-refractivity contribution < 1.29 is 19.4 Å². The molecular formula is C26H26N6O4S. The Bertz CT molecular complexity index is 1360. The van der Waals surface area contributed by atoms with Crippen LogP contribution in [0.15, 0.2) is 77.2 Å². The van der Waals surface area contributed by atoms with E-state index in [9.17, 15) is 9.90 Å². The molecule has 37 heavy (non-hydrogen) atoms. The van der Waals surface area contributed by atoms with Crippen molar-refractivity contribution in [2.75, 3.05) is 19.0 Å². The number of nitrogens with one attached hydrogen (secondary N) is 1. The minimum absolute atomic E-state index is 0.0433. The second-order valence-corrected chi connectivity index (χ2v) is 8.49. The Hall–Kier alpha value is -4.38. The van der Waals surface area contributed by atoms with E-state index in [1.165, 1.54) is 24.0 Å². The smallest absolute Gasteiger partial charge is 0.250 e. The number of ether oxygens (including phenoxy) is 2. The van der Waals surface area contributed by atoms with Crippen LogP contribution in [-0.2, 0) is 4.79 Å². The van der Waals surface area contributed by atoms with Crippen molar-refractivity contribution in [1.29, 1.82) is 0 Å². The highest BCUT2D eigenvalue weighted by molar-refractivity contribution is 7.99. The zero-order valence-electron chi connectivity index (χ0n) is 20.4. The van der Waals surface area contributed by atoms with Crippen LogP contribution >= 0.6 is 11.8 Å². The number of phenols is 1. The van der Waals surface area contributed by atoms with E-state index in [2.05, 4.69) is 25.7 Å². The predicted molar refractivity (Wildman–Crippen MR) is 141 cm³/mol. The van der Waals surface area contributed by atoms with Gasteiger partial charge in [0.2, 0.25) is 0 Å². The summed E-state index contributed by atoms with van der Waals surface area (Å²) < 4.78 is 12.8. The molecule has 0 spiro atoms. The molecule has 4 rings (SSSR count). The summed E-state index contributed by atoms with van der Waals surface area (Å²) in [7, 11) is 0. The monoisotopic (exact) mass is 518 g/mol. The maximum absolute atomic E-state index is 12.5. The first-order valence-electron chi connectivity index (χ1n) is 11.6. The van der Waals surface area contributed by atoms with Crippen molar-refractivity contribution >= 4 is 23.9 Å². The van der Waals surface area contributed by atoms with Crippen LogP contribution in [0.3, 0.4) is 0 Å². The molecule has 2 aromatic carbocycles. The zero-order valence-corrected chi connectivity index (χ0v) is 21.2. The predicted octanol–water partition coefficient (Wildman–Crippen LogP) is 4.07. The molecule has 0 unspecified atom stereocenters. The summed E-state index contributed by atoms with van der Waals surface area (Å²) in [5.74, 6) is 1.52. The number of rotatable bonds is 11. The van der Waals surface area contributed by atoms with Gasteiger partial charge < -0.3 is 14.6 Å². The number of pyridine rings is 1. The lowest BCUT2D eigenvalue weighted by atomic mass is 10.2. The highest BCUT2D eigenvalue weighted by Crippen LogP contribution is 2.29. The van der Waals surface area contributed by atoms with Crippen LogP contribution in [0.4, 0.5) is 0 Å². The van der Waals surface area contributed by atoms with Crippen LogP contribution in [0, 0.1) is 0 Å². The Morgan fingerprint density at radius 2 is 1.92 bits per heavy atom. The normalized spacial score (nSPS) is 11.0. The minimum atomic E-state index is -0.311. The van der Waals surface area contributed by atoms with Gasteiger partial charge in [-0.15, -0.1) is 10.2 Å². The Labute approximate surface area is 218 Å². The van der Waals surface area contributed by atoms with Crippen LogP contribution in [0.25, 0.3) is 17.1 Å². The van der Waals surface area contributed by atoms with Crippen LogP contribution < -0.4 is 14.9 Å². The molecule has 0 radical (unpaired) electrons. The molecule has 10 nitrogen and oxygen atoms in total. The second kappa shape index (κ2) is 12.5. The van der Waals surface area contributed by atoms with Gasteiger partial charge in [-0.2, -0.15) is 5.10 Å². The molecule has 0 saturated heterocycles. The van der Waals surface area contributed by atoms with Crippen molar-refractivity contribution in [2.45, 2.75) is 19.0 Å². The van der Waals surface area contributed by atoms with E-state index < -0.39 is 0 Å². The number of aromatic nitrogens is 4. The average molecular weight is 519 g/mol. The number of thioether (sulfide) groups is 1. The maximum Gasteiger partial charge on any atom is 0.250 e. The lowest BCUT2D eigenvalue weighted by Crippen LogP contribution is -2.20. The summed E-state index contributed by atoms with van der Waals surface area (Å²) in [6.45, 7) is 4.76. The molecular weight excluding hydrogens is 492 g/mol. The lowest BCUT2D eigenvalue weighted by molar-refractivity contribution is -0.118. The number of aromatic hydroxyl groups is 1. The van der Waals surface area contributed by atoms with E-state index in [1.54, 1.807) is 24.5 Å². The molecule has 11 heteroatoms. The number of nitrogens with zero attached hydrogens (tertiary/aromatic N) is 5.